The fourth-order valence-electron chi connectivity index (χ4n) is 2.61. The van der Waals surface area contributed by atoms with E-state index in [1.165, 1.54) is 11.5 Å². The lowest BCUT2D eigenvalue weighted by molar-refractivity contribution is -0.122. The Morgan fingerprint density at radius 2 is 2.35 bits per heavy atom. The van der Waals surface area contributed by atoms with E-state index in [9.17, 15) is 4.79 Å². The highest BCUT2D eigenvalue weighted by molar-refractivity contribution is 7.09. The molecule has 0 aliphatic carbocycles. The number of rotatable bonds is 4. The SMILES string of the molecule is CC(C)(C)c1nsc(N2CCC[C@H]2C(=O)NCc2ccco2)n1. The van der Waals surface area contributed by atoms with Crippen LogP contribution < -0.4 is 10.2 Å². The van der Waals surface area contributed by atoms with Crippen molar-refractivity contribution in [2.24, 2.45) is 0 Å². The van der Waals surface area contributed by atoms with E-state index in [1.54, 1.807) is 6.26 Å². The van der Waals surface area contributed by atoms with Gasteiger partial charge in [0.15, 0.2) is 0 Å². The van der Waals surface area contributed by atoms with Crippen molar-refractivity contribution in [2.45, 2.75) is 51.6 Å². The molecule has 1 fully saturated rings. The molecule has 7 heteroatoms. The van der Waals surface area contributed by atoms with Crippen molar-refractivity contribution in [3.63, 3.8) is 0 Å². The molecule has 2 aromatic rings. The van der Waals surface area contributed by atoms with Crippen LogP contribution in [0.4, 0.5) is 5.13 Å². The molecule has 23 heavy (non-hydrogen) atoms. The standard InChI is InChI=1S/C16H22N4O2S/c1-16(2,3)14-18-15(23-19-14)20-8-4-7-12(20)13(21)17-10-11-6-5-9-22-11/h5-6,9,12H,4,7-8,10H2,1-3H3,(H,17,21)/t12-/m0/s1. The topological polar surface area (TPSA) is 71.3 Å². The Hall–Kier alpha value is -1.89. The first-order chi connectivity index (χ1) is 10.9. The number of nitrogens with one attached hydrogen (secondary N) is 1. The molecule has 1 saturated heterocycles. The van der Waals surface area contributed by atoms with Gasteiger partial charge in [-0.25, -0.2) is 4.98 Å². The number of furan rings is 1. The predicted octanol–water partition coefficient (Wildman–Crippen LogP) is 2.71. The summed E-state index contributed by atoms with van der Waals surface area (Å²) in [5.41, 5.74) is -0.0779. The Bertz CT molecular complexity index is 660. The highest BCUT2D eigenvalue weighted by Gasteiger charge is 2.33. The number of aromatic nitrogens is 2. The lowest BCUT2D eigenvalue weighted by Gasteiger charge is -2.22. The van der Waals surface area contributed by atoms with Gasteiger partial charge in [-0.1, -0.05) is 20.8 Å². The second-order valence-corrected chi connectivity index (χ2v) is 7.53. The summed E-state index contributed by atoms with van der Waals surface area (Å²) in [5.74, 6) is 1.61. The number of hydrogen-bond donors (Lipinski definition) is 1. The minimum atomic E-state index is -0.175. The molecule has 0 saturated carbocycles. The number of hydrogen-bond acceptors (Lipinski definition) is 6. The van der Waals surface area contributed by atoms with Crippen LogP contribution in [-0.2, 0) is 16.8 Å². The second kappa shape index (κ2) is 6.31. The molecule has 6 nitrogen and oxygen atoms in total. The van der Waals surface area contributed by atoms with E-state index < -0.39 is 0 Å². The highest BCUT2D eigenvalue weighted by atomic mass is 32.1. The van der Waals surface area contributed by atoms with E-state index in [0.717, 1.165) is 36.1 Å². The second-order valence-electron chi connectivity index (χ2n) is 6.80. The summed E-state index contributed by atoms with van der Waals surface area (Å²) in [6.45, 7) is 7.54. The van der Waals surface area contributed by atoms with Crippen molar-refractivity contribution < 1.29 is 9.21 Å². The van der Waals surface area contributed by atoms with Crippen molar-refractivity contribution >= 4 is 22.6 Å². The molecule has 3 rings (SSSR count). The molecule has 0 aromatic carbocycles. The number of carbonyl (C=O) groups is 1. The van der Waals surface area contributed by atoms with Gasteiger partial charge in [0.05, 0.1) is 12.8 Å². The molecule has 1 aliphatic rings. The maximum atomic E-state index is 12.5. The summed E-state index contributed by atoms with van der Waals surface area (Å²) in [6, 6.07) is 3.50. The average molecular weight is 334 g/mol. The van der Waals surface area contributed by atoms with Crippen LogP contribution in [0.2, 0.25) is 0 Å². The Morgan fingerprint density at radius 3 is 3.00 bits per heavy atom. The first kappa shape index (κ1) is 16.0. The Morgan fingerprint density at radius 1 is 1.52 bits per heavy atom. The van der Waals surface area contributed by atoms with Crippen molar-refractivity contribution in [1.29, 1.82) is 0 Å². The van der Waals surface area contributed by atoms with Gasteiger partial charge in [0.25, 0.3) is 0 Å². The Balaban J connectivity index is 1.67. The maximum Gasteiger partial charge on any atom is 0.243 e. The van der Waals surface area contributed by atoms with Gasteiger partial charge in [-0.3, -0.25) is 4.79 Å². The zero-order chi connectivity index (χ0) is 16.4. The quantitative estimate of drug-likeness (QED) is 0.931. The Kier molecular flexibility index (Phi) is 4.39. The smallest absolute Gasteiger partial charge is 0.243 e. The van der Waals surface area contributed by atoms with E-state index in [4.69, 9.17) is 4.42 Å². The van der Waals surface area contributed by atoms with Crippen LogP contribution in [0.3, 0.4) is 0 Å². The van der Waals surface area contributed by atoms with Crippen LogP contribution >= 0.6 is 11.5 Å². The summed E-state index contributed by atoms with van der Waals surface area (Å²) >= 11 is 1.38. The zero-order valence-electron chi connectivity index (χ0n) is 13.7. The summed E-state index contributed by atoms with van der Waals surface area (Å²) in [7, 11) is 0. The minimum Gasteiger partial charge on any atom is -0.467 e. The molecular weight excluding hydrogens is 312 g/mol. The minimum absolute atomic E-state index is 0.0198. The Labute approximate surface area is 140 Å². The molecule has 1 atom stereocenters. The first-order valence-corrected chi connectivity index (χ1v) is 8.63. The van der Waals surface area contributed by atoms with Gasteiger partial charge in [0.1, 0.15) is 17.6 Å². The van der Waals surface area contributed by atoms with Crippen LogP contribution in [0.15, 0.2) is 22.8 Å². The highest BCUT2D eigenvalue weighted by Crippen LogP contribution is 2.30. The third-order valence-corrected chi connectivity index (χ3v) is 4.66. The van der Waals surface area contributed by atoms with Gasteiger partial charge in [-0.15, -0.1) is 0 Å². The summed E-state index contributed by atoms with van der Waals surface area (Å²) in [6.07, 6.45) is 3.44. The molecule has 2 aromatic heterocycles. The van der Waals surface area contributed by atoms with Crippen LogP contribution in [-0.4, -0.2) is 27.9 Å². The third kappa shape index (κ3) is 3.55. The van der Waals surface area contributed by atoms with Crippen LogP contribution in [0, 0.1) is 0 Å². The number of amides is 1. The molecule has 0 bridgehead atoms. The number of anilines is 1. The molecule has 0 radical (unpaired) electrons. The molecule has 1 aliphatic heterocycles. The summed E-state index contributed by atoms with van der Waals surface area (Å²) in [4.78, 5) is 19.2. The molecule has 1 N–H and O–H groups in total. The van der Waals surface area contributed by atoms with Gasteiger partial charge in [0, 0.05) is 23.5 Å². The van der Waals surface area contributed by atoms with E-state index in [2.05, 4.69) is 40.3 Å². The number of carbonyl (C=O) groups excluding carboxylic acids is 1. The van der Waals surface area contributed by atoms with Gasteiger partial charge < -0.3 is 14.6 Å². The van der Waals surface area contributed by atoms with E-state index in [-0.39, 0.29) is 17.4 Å². The lowest BCUT2D eigenvalue weighted by Crippen LogP contribution is -2.43. The normalized spacial score (nSPS) is 18.4. The van der Waals surface area contributed by atoms with Crippen LogP contribution in [0.5, 0.6) is 0 Å². The summed E-state index contributed by atoms with van der Waals surface area (Å²) < 4.78 is 9.70. The van der Waals surface area contributed by atoms with Crippen molar-refractivity contribution in [3.8, 4) is 0 Å². The van der Waals surface area contributed by atoms with Crippen molar-refractivity contribution in [2.75, 3.05) is 11.4 Å². The molecular formula is C16H22N4O2S. The molecule has 3 heterocycles. The molecule has 124 valence electrons. The molecule has 0 unspecified atom stereocenters. The van der Waals surface area contributed by atoms with Crippen LogP contribution in [0.1, 0.15) is 45.2 Å². The van der Waals surface area contributed by atoms with Gasteiger partial charge in [-0.05, 0) is 25.0 Å². The van der Waals surface area contributed by atoms with Crippen molar-refractivity contribution in [3.05, 3.63) is 30.0 Å². The summed E-state index contributed by atoms with van der Waals surface area (Å²) in [5, 5.41) is 3.78. The maximum absolute atomic E-state index is 12.5. The third-order valence-electron chi connectivity index (χ3n) is 3.90. The first-order valence-electron chi connectivity index (χ1n) is 7.86. The number of nitrogens with zero attached hydrogens (tertiary/aromatic N) is 3. The largest absolute Gasteiger partial charge is 0.467 e. The van der Waals surface area contributed by atoms with Gasteiger partial charge in [0.2, 0.25) is 11.0 Å². The van der Waals surface area contributed by atoms with Gasteiger partial charge in [-0.2, -0.15) is 4.37 Å². The van der Waals surface area contributed by atoms with E-state index in [0.29, 0.717) is 6.54 Å². The zero-order valence-corrected chi connectivity index (χ0v) is 14.5. The molecule has 1 amide bonds. The average Bonchev–Trinajstić information content (AvgIpc) is 3.22. The fourth-order valence-corrected chi connectivity index (χ4v) is 3.54. The van der Waals surface area contributed by atoms with Crippen molar-refractivity contribution in [1.82, 2.24) is 14.7 Å². The molecule has 0 spiro atoms. The van der Waals surface area contributed by atoms with E-state index >= 15 is 0 Å². The van der Waals surface area contributed by atoms with Gasteiger partial charge >= 0.3 is 0 Å². The van der Waals surface area contributed by atoms with E-state index in [1.807, 2.05) is 12.1 Å². The fraction of sp³-hybridized carbons (Fsp3) is 0.562. The predicted molar refractivity (Wildman–Crippen MR) is 89.5 cm³/mol. The lowest BCUT2D eigenvalue weighted by atomic mass is 9.96. The van der Waals surface area contributed by atoms with Crippen LogP contribution in [0.25, 0.3) is 0 Å². The monoisotopic (exact) mass is 334 g/mol.